The van der Waals surface area contributed by atoms with Crippen LogP contribution >= 0.6 is 0 Å². The zero-order valence-electron chi connectivity index (χ0n) is 14.8. The Bertz CT molecular complexity index is 775. The maximum atomic E-state index is 12.7. The second-order valence-electron chi connectivity index (χ2n) is 6.86. The van der Waals surface area contributed by atoms with Crippen molar-refractivity contribution in [3.8, 4) is 0 Å². The first-order valence-electron chi connectivity index (χ1n) is 8.98. The predicted molar refractivity (Wildman–Crippen MR) is 92.2 cm³/mol. The number of carboxylic acid groups (broad SMARTS) is 1. The molecule has 1 aliphatic heterocycles. The number of rotatable bonds is 7. The minimum Gasteiger partial charge on any atom is -0.475 e. The molecule has 2 heterocycles. The fourth-order valence-corrected chi connectivity index (χ4v) is 4.76. The Morgan fingerprint density at radius 2 is 1.88 bits per heavy atom. The van der Waals surface area contributed by atoms with Crippen molar-refractivity contribution in [2.24, 2.45) is 5.92 Å². The molecule has 2 fully saturated rings. The maximum Gasteiger partial charge on any atom is 0.371 e. The Labute approximate surface area is 152 Å². The summed E-state index contributed by atoms with van der Waals surface area (Å²) >= 11 is 0. The highest BCUT2D eigenvalue weighted by atomic mass is 32.2. The number of carbonyl (C=O) groups is 2. The van der Waals surface area contributed by atoms with E-state index in [-0.39, 0.29) is 30.0 Å². The van der Waals surface area contributed by atoms with Gasteiger partial charge in [0.05, 0.1) is 0 Å². The number of piperidine rings is 1. The summed E-state index contributed by atoms with van der Waals surface area (Å²) < 4.78 is 31.4. The quantitative estimate of drug-likeness (QED) is 0.768. The van der Waals surface area contributed by atoms with Gasteiger partial charge in [0.2, 0.25) is 16.8 Å². The van der Waals surface area contributed by atoms with Crippen LogP contribution in [0, 0.1) is 5.92 Å². The first-order valence-corrected chi connectivity index (χ1v) is 10.4. The lowest BCUT2D eigenvalue weighted by Crippen LogP contribution is -2.45. The third kappa shape index (κ3) is 3.78. The zero-order valence-corrected chi connectivity index (χ0v) is 15.6. The third-order valence-electron chi connectivity index (χ3n) is 4.92. The summed E-state index contributed by atoms with van der Waals surface area (Å²) in [4.78, 5) is 25.6. The van der Waals surface area contributed by atoms with Gasteiger partial charge in [0.1, 0.15) is 0 Å². The normalized spacial score (nSPS) is 19.4. The molecule has 1 aromatic rings. The fourth-order valence-electron chi connectivity index (χ4n) is 3.38. The van der Waals surface area contributed by atoms with E-state index in [4.69, 9.17) is 9.52 Å². The number of hydrogen-bond acceptors (Lipinski definition) is 5. The van der Waals surface area contributed by atoms with Crippen molar-refractivity contribution in [1.29, 1.82) is 0 Å². The van der Waals surface area contributed by atoms with Gasteiger partial charge in [-0.2, -0.15) is 4.31 Å². The van der Waals surface area contributed by atoms with Crippen LogP contribution in [0.1, 0.15) is 49.6 Å². The van der Waals surface area contributed by atoms with E-state index in [2.05, 4.69) is 0 Å². The lowest BCUT2D eigenvalue weighted by molar-refractivity contribution is -0.137. The molecular weight excluding hydrogens is 360 g/mol. The number of furan rings is 1. The number of amides is 1. The summed E-state index contributed by atoms with van der Waals surface area (Å²) in [6, 6.07) is 2.65. The molecule has 9 heteroatoms. The Morgan fingerprint density at radius 3 is 2.38 bits per heavy atom. The molecule has 1 N–H and O–H groups in total. The van der Waals surface area contributed by atoms with Crippen LogP contribution in [0.15, 0.2) is 21.6 Å². The molecule has 1 aromatic heterocycles. The monoisotopic (exact) mass is 384 g/mol. The lowest BCUT2D eigenvalue weighted by Gasteiger charge is -2.33. The number of nitrogens with zero attached hydrogens (tertiary/aromatic N) is 2. The van der Waals surface area contributed by atoms with Gasteiger partial charge in [-0.3, -0.25) is 4.79 Å². The SMILES string of the molecule is CCCN(C(=O)C1CCN(S(=O)(=O)c2ccc(C(=O)O)o2)CC1)C1CC1. The fraction of sp³-hybridized carbons (Fsp3) is 0.647. The highest BCUT2D eigenvalue weighted by molar-refractivity contribution is 7.89. The molecule has 3 rings (SSSR count). The third-order valence-corrected chi connectivity index (χ3v) is 6.70. The number of hydrogen-bond donors (Lipinski definition) is 1. The predicted octanol–water partition coefficient (Wildman–Crippen LogP) is 1.78. The van der Waals surface area contributed by atoms with E-state index >= 15 is 0 Å². The average molecular weight is 384 g/mol. The second kappa shape index (κ2) is 7.40. The van der Waals surface area contributed by atoms with Crippen LogP contribution in [0.5, 0.6) is 0 Å². The Balaban J connectivity index is 1.63. The van der Waals surface area contributed by atoms with E-state index in [9.17, 15) is 18.0 Å². The molecule has 1 aliphatic carbocycles. The van der Waals surface area contributed by atoms with E-state index in [1.54, 1.807) is 0 Å². The molecule has 0 aromatic carbocycles. The molecular formula is C17H24N2O6S. The summed E-state index contributed by atoms with van der Waals surface area (Å²) in [6.07, 6.45) is 3.97. The van der Waals surface area contributed by atoms with Crippen molar-refractivity contribution in [2.45, 2.75) is 50.2 Å². The Morgan fingerprint density at radius 1 is 1.23 bits per heavy atom. The van der Waals surface area contributed by atoms with Gasteiger partial charge in [0.15, 0.2) is 0 Å². The first kappa shape index (κ1) is 18.9. The number of aromatic carboxylic acids is 1. The summed E-state index contributed by atoms with van der Waals surface area (Å²) in [5.74, 6) is -1.74. The van der Waals surface area contributed by atoms with Gasteiger partial charge in [-0.25, -0.2) is 13.2 Å². The van der Waals surface area contributed by atoms with Crippen LogP contribution in [0.3, 0.4) is 0 Å². The van der Waals surface area contributed by atoms with Crippen LogP contribution in [0.25, 0.3) is 0 Å². The molecule has 0 radical (unpaired) electrons. The van der Waals surface area contributed by atoms with E-state index in [1.165, 1.54) is 4.31 Å². The summed E-state index contributed by atoms with van der Waals surface area (Å²) in [5, 5.41) is 8.50. The van der Waals surface area contributed by atoms with E-state index in [0.717, 1.165) is 37.9 Å². The molecule has 0 atom stereocenters. The van der Waals surface area contributed by atoms with Crippen LogP contribution in [0.4, 0.5) is 0 Å². The van der Waals surface area contributed by atoms with Gasteiger partial charge in [-0.05, 0) is 44.2 Å². The molecule has 26 heavy (non-hydrogen) atoms. The maximum absolute atomic E-state index is 12.7. The van der Waals surface area contributed by atoms with Gasteiger partial charge < -0.3 is 14.4 Å². The first-order chi connectivity index (χ1) is 12.3. The van der Waals surface area contributed by atoms with Crippen LogP contribution < -0.4 is 0 Å². The van der Waals surface area contributed by atoms with E-state index in [0.29, 0.717) is 18.9 Å². The average Bonchev–Trinajstić information content (AvgIpc) is 3.33. The van der Waals surface area contributed by atoms with Crippen molar-refractivity contribution in [3.05, 3.63) is 17.9 Å². The second-order valence-corrected chi connectivity index (χ2v) is 8.73. The summed E-state index contributed by atoms with van der Waals surface area (Å²) in [6.45, 7) is 3.26. The standard InChI is InChI=1S/C17H24N2O6S/c1-2-9-19(13-3-4-13)16(20)12-7-10-18(11-8-12)26(23,24)15-6-5-14(25-15)17(21)22/h5-6,12-13H,2-4,7-11H2,1H3,(H,21,22). The minimum absolute atomic E-state index is 0.137. The molecule has 0 unspecified atom stereocenters. The molecule has 8 nitrogen and oxygen atoms in total. The van der Waals surface area contributed by atoms with Gasteiger partial charge in [0.25, 0.3) is 10.0 Å². The Kier molecular flexibility index (Phi) is 5.38. The minimum atomic E-state index is -3.88. The lowest BCUT2D eigenvalue weighted by atomic mass is 9.96. The van der Waals surface area contributed by atoms with Crippen molar-refractivity contribution in [1.82, 2.24) is 9.21 Å². The van der Waals surface area contributed by atoms with Gasteiger partial charge >= 0.3 is 5.97 Å². The van der Waals surface area contributed by atoms with Gasteiger partial charge in [-0.15, -0.1) is 0 Å². The molecule has 2 aliphatic rings. The highest BCUT2D eigenvalue weighted by Crippen LogP contribution is 2.31. The smallest absolute Gasteiger partial charge is 0.371 e. The van der Waals surface area contributed by atoms with Crippen molar-refractivity contribution in [2.75, 3.05) is 19.6 Å². The molecule has 0 bridgehead atoms. The van der Waals surface area contributed by atoms with Crippen molar-refractivity contribution >= 4 is 21.9 Å². The molecule has 0 spiro atoms. The molecule has 144 valence electrons. The van der Waals surface area contributed by atoms with Crippen molar-refractivity contribution < 1.29 is 27.5 Å². The van der Waals surface area contributed by atoms with E-state index < -0.39 is 21.8 Å². The van der Waals surface area contributed by atoms with Crippen molar-refractivity contribution in [3.63, 3.8) is 0 Å². The number of carboxylic acids is 1. The van der Waals surface area contributed by atoms with Crippen LogP contribution in [-0.4, -0.2) is 60.3 Å². The number of carbonyl (C=O) groups excluding carboxylic acids is 1. The largest absolute Gasteiger partial charge is 0.475 e. The Hall–Kier alpha value is -1.87. The zero-order chi connectivity index (χ0) is 18.9. The highest BCUT2D eigenvalue weighted by Gasteiger charge is 2.39. The van der Waals surface area contributed by atoms with Gasteiger partial charge in [-0.1, -0.05) is 6.92 Å². The summed E-state index contributed by atoms with van der Waals surface area (Å²) in [7, 11) is -3.88. The summed E-state index contributed by atoms with van der Waals surface area (Å²) in [5.41, 5.74) is 0. The van der Waals surface area contributed by atoms with Crippen LogP contribution in [-0.2, 0) is 14.8 Å². The van der Waals surface area contributed by atoms with Gasteiger partial charge in [0, 0.05) is 31.6 Å². The van der Waals surface area contributed by atoms with E-state index in [1.807, 2.05) is 11.8 Å². The molecule has 1 saturated heterocycles. The molecule has 1 saturated carbocycles. The van der Waals surface area contributed by atoms with Crippen LogP contribution in [0.2, 0.25) is 0 Å². The molecule has 1 amide bonds. The topological polar surface area (TPSA) is 108 Å². The number of sulfonamides is 1.